The highest BCUT2D eigenvalue weighted by Crippen LogP contribution is 2.19. The number of carbonyl (C=O) groups is 2. The molecule has 1 aliphatic heterocycles. The van der Waals surface area contributed by atoms with Crippen LogP contribution in [0.1, 0.15) is 10.4 Å². The Bertz CT molecular complexity index is 715. The minimum absolute atomic E-state index is 0.0277. The van der Waals surface area contributed by atoms with Crippen molar-refractivity contribution in [2.45, 2.75) is 19.4 Å². The second kappa shape index (κ2) is 7.59. The molecule has 1 saturated heterocycles. The summed E-state index contributed by atoms with van der Waals surface area (Å²) in [5.74, 6) is -0.0817. The third kappa shape index (κ3) is 4.21. The monoisotopic (exact) mass is 344 g/mol. The van der Waals surface area contributed by atoms with E-state index in [4.69, 9.17) is 4.74 Å². The van der Waals surface area contributed by atoms with Crippen LogP contribution in [0.25, 0.3) is 0 Å². The van der Waals surface area contributed by atoms with Crippen molar-refractivity contribution in [1.82, 2.24) is 5.32 Å². The Kier molecular flexibility index (Phi) is 5.27. The average Bonchev–Trinajstić information content (AvgIpc) is 3.07. The van der Waals surface area contributed by atoms with Crippen molar-refractivity contribution < 1.29 is 14.3 Å². The maximum absolute atomic E-state index is 12.1. The normalized spacial score (nSPS) is 17.8. The molecule has 0 radical (unpaired) electrons. The number of ether oxygens (including phenoxy) is 1. The van der Waals surface area contributed by atoms with Crippen molar-refractivity contribution >= 4 is 28.8 Å². The van der Waals surface area contributed by atoms with Crippen LogP contribution in [0.15, 0.2) is 41.8 Å². The van der Waals surface area contributed by atoms with Crippen LogP contribution in [-0.4, -0.2) is 37.6 Å². The molecule has 0 bridgehead atoms. The smallest absolute Gasteiger partial charge is 0.253 e. The molecule has 6 heteroatoms. The van der Waals surface area contributed by atoms with Crippen molar-refractivity contribution in [2.75, 3.05) is 24.6 Å². The van der Waals surface area contributed by atoms with E-state index in [-0.39, 0.29) is 24.5 Å². The maximum Gasteiger partial charge on any atom is 0.253 e. The molecule has 1 fully saturated rings. The van der Waals surface area contributed by atoms with Crippen molar-refractivity contribution in [3.05, 3.63) is 52.2 Å². The Morgan fingerprint density at radius 1 is 1.38 bits per heavy atom. The molecule has 1 aromatic carbocycles. The summed E-state index contributed by atoms with van der Waals surface area (Å²) in [6.45, 7) is 2.89. The van der Waals surface area contributed by atoms with E-state index in [0.29, 0.717) is 19.5 Å². The lowest BCUT2D eigenvalue weighted by Gasteiger charge is -2.33. The predicted molar refractivity (Wildman–Crippen MR) is 94.3 cm³/mol. The number of morpholine rings is 1. The van der Waals surface area contributed by atoms with Crippen LogP contribution < -0.4 is 10.2 Å². The van der Waals surface area contributed by atoms with E-state index in [1.165, 1.54) is 0 Å². The van der Waals surface area contributed by atoms with Crippen molar-refractivity contribution in [2.24, 2.45) is 0 Å². The van der Waals surface area contributed by atoms with Gasteiger partial charge in [-0.25, -0.2) is 0 Å². The van der Waals surface area contributed by atoms with Crippen LogP contribution in [0.2, 0.25) is 0 Å². The second-order valence-electron chi connectivity index (χ2n) is 5.84. The summed E-state index contributed by atoms with van der Waals surface area (Å²) in [5.41, 5.74) is 1.98. The lowest BCUT2D eigenvalue weighted by Crippen LogP contribution is -2.50. The van der Waals surface area contributed by atoms with Gasteiger partial charge in [-0.2, -0.15) is 0 Å². The molecule has 0 saturated carbocycles. The number of nitrogens with zero attached hydrogens (tertiary/aromatic N) is 1. The topological polar surface area (TPSA) is 58.6 Å². The quantitative estimate of drug-likeness (QED) is 0.904. The van der Waals surface area contributed by atoms with Gasteiger partial charge in [-0.15, -0.1) is 11.3 Å². The number of hydrogen-bond donors (Lipinski definition) is 1. The summed E-state index contributed by atoms with van der Waals surface area (Å²) < 4.78 is 5.55. The van der Waals surface area contributed by atoms with Crippen molar-refractivity contribution in [1.29, 1.82) is 0 Å². The molecule has 0 spiro atoms. The second-order valence-corrected chi connectivity index (χ2v) is 6.87. The number of thiophene rings is 1. The molecule has 24 heavy (non-hydrogen) atoms. The van der Waals surface area contributed by atoms with E-state index in [1.807, 2.05) is 48.7 Å². The lowest BCUT2D eigenvalue weighted by molar-refractivity contribution is -0.129. The first-order chi connectivity index (χ1) is 11.6. The zero-order valence-electron chi connectivity index (χ0n) is 13.5. The van der Waals surface area contributed by atoms with Gasteiger partial charge in [0.15, 0.2) is 0 Å². The van der Waals surface area contributed by atoms with Gasteiger partial charge in [0.05, 0.1) is 19.1 Å². The predicted octanol–water partition coefficient (Wildman–Crippen LogP) is 2.15. The maximum atomic E-state index is 12.1. The molecule has 0 aliphatic carbocycles. The zero-order valence-corrected chi connectivity index (χ0v) is 14.3. The number of nitrogens with one attached hydrogen (secondary N) is 1. The number of aryl methyl sites for hydroxylation is 1. The number of hydrogen-bond acceptors (Lipinski definition) is 4. The molecule has 1 aliphatic rings. The van der Waals surface area contributed by atoms with Gasteiger partial charge in [0, 0.05) is 17.1 Å². The number of anilines is 1. The van der Waals surface area contributed by atoms with Gasteiger partial charge in [-0.1, -0.05) is 18.2 Å². The largest absolute Gasteiger partial charge is 0.365 e. The van der Waals surface area contributed by atoms with E-state index >= 15 is 0 Å². The molecule has 126 valence electrons. The Morgan fingerprint density at radius 3 is 3.00 bits per heavy atom. The van der Waals surface area contributed by atoms with Crippen molar-refractivity contribution in [3.63, 3.8) is 0 Å². The number of benzene rings is 1. The van der Waals surface area contributed by atoms with Gasteiger partial charge in [-0.3, -0.25) is 9.59 Å². The molecular formula is C18H20N2O3S. The molecule has 1 atom stereocenters. The van der Waals surface area contributed by atoms with Crippen molar-refractivity contribution in [3.8, 4) is 0 Å². The molecule has 2 amide bonds. The zero-order chi connectivity index (χ0) is 16.9. The summed E-state index contributed by atoms with van der Waals surface area (Å²) in [6.07, 6.45) is 0.181. The number of carbonyl (C=O) groups excluding carboxylic acids is 2. The fraction of sp³-hybridized carbons (Fsp3) is 0.333. The third-order valence-electron chi connectivity index (χ3n) is 3.88. The van der Waals surface area contributed by atoms with E-state index in [1.54, 1.807) is 16.2 Å². The lowest BCUT2D eigenvalue weighted by atomic mass is 10.1. The van der Waals surface area contributed by atoms with E-state index < -0.39 is 0 Å². The first kappa shape index (κ1) is 16.7. The van der Waals surface area contributed by atoms with E-state index in [9.17, 15) is 9.59 Å². The molecule has 3 rings (SSSR count). The highest BCUT2D eigenvalue weighted by Gasteiger charge is 2.27. The standard InChI is InChI=1S/C18H20N2O3S/c1-13-4-2-5-14(8-13)20-11-15(23-12-18(20)22)10-19-17(21)9-16-6-3-7-24-16/h2-8,15H,9-12H2,1H3,(H,19,21). The van der Waals surface area contributed by atoms with Crippen LogP contribution in [-0.2, 0) is 20.7 Å². The first-order valence-corrected chi connectivity index (χ1v) is 8.77. The summed E-state index contributed by atoms with van der Waals surface area (Å²) in [4.78, 5) is 26.9. The Balaban J connectivity index is 1.55. The number of amides is 2. The number of rotatable bonds is 5. The minimum Gasteiger partial charge on any atom is -0.365 e. The molecule has 1 N–H and O–H groups in total. The SMILES string of the molecule is Cc1cccc(N2CC(CNC(=O)Cc3cccs3)OCC2=O)c1. The van der Waals surface area contributed by atoms with Gasteiger partial charge >= 0.3 is 0 Å². The van der Waals surface area contributed by atoms with Gasteiger partial charge < -0.3 is 15.0 Å². The van der Waals surface area contributed by atoms with Crippen LogP contribution in [0.4, 0.5) is 5.69 Å². The fourth-order valence-electron chi connectivity index (χ4n) is 2.66. The fourth-order valence-corrected chi connectivity index (χ4v) is 3.36. The highest BCUT2D eigenvalue weighted by molar-refractivity contribution is 7.10. The highest BCUT2D eigenvalue weighted by atomic mass is 32.1. The third-order valence-corrected chi connectivity index (χ3v) is 4.76. The molecule has 1 unspecified atom stereocenters. The summed E-state index contributed by atoms with van der Waals surface area (Å²) in [7, 11) is 0. The summed E-state index contributed by atoms with van der Waals surface area (Å²) in [5, 5.41) is 4.85. The van der Waals surface area contributed by atoms with E-state index in [2.05, 4.69) is 5.32 Å². The van der Waals surface area contributed by atoms with Gasteiger partial charge in [0.25, 0.3) is 5.91 Å². The summed E-state index contributed by atoms with van der Waals surface area (Å²) >= 11 is 1.57. The average molecular weight is 344 g/mol. The molecule has 2 heterocycles. The Hall–Kier alpha value is -2.18. The molecule has 2 aromatic rings. The van der Waals surface area contributed by atoms with Gasteiger partial charge in [0.2, 0.25) is 5.91 Å². The minimum atomic E-state index is -0.199. The van der Waals surface area contributed by atoms with Gasteiger partial charge in [0.1, 0.15) is 6.61 Å². The van der Waals surface area contributed by atoms with Crippen LogP contribution >= 0.6 is 11.3 Å². The van der Waals surface area contributed by atoms with Gasteiger partial charge in [-0.05, 0) is 36.1 Å². The van der Waals surface area contributed by atoms with Crippen LogP contribution in [0.3, 0.4) is 0 Å². The van der Waals surface area contributed by atoms with E-state index in [0.717, 1.165) is 16.1 Å². The first-order valence-electron chi connectivity index (χ1n) is 7.89. The molecule has 5 nitrogen and oxygen atoms in total. The van der Waals surface area contributed by atoms with Crippen LogP contribution in [0.5, 0.6) is 0 Å². The van der Waals surface area contributed by atoms with Crippen LogP contribution in [0, 0.1) is 6.92 Å². The Labute approximate surface area is 145 Å². The summed E-state index contributed by atoms with van der Waals surface area (Å²) in [6, 6.07) is 11.7. The Morgan fingerprint density at radius 2 is 2.25 bits per heavy atom. The molecule has 1 aromatic heterocycles. The molecular weight excluding hydrogens is 324 g/mol.